The van der Waals surface area contributed by atoms with Crippen molar-refractivity contribution in [3.05, 3.63) is 0 Å². The lowest BCUT2D eigenvalue weighted by Crippen LogP contribution is -2.67. The second-order valence-electron chi connectivity index (χ2n) is 12.7. The van der Waals surface area contributed by atoms with E-state index in [1.807, 2.05) is 0 Å². The molecule has 4 heterocycles. The van der Waals surface area contributed by atoms with Crippen molar-refractivity contribution >= 4 is 5.91 Å². The summed E-state index contributed by atoms with van der Waals surface area (Å²) in [5.74, 6) is 1.97. The van der Waals surface area contributed by atoms with Gasteiger partial charge in [-0.25, -0.2) is 0 Å². The highest BCUT2D eigenvalue weighted by Gasteiger charge is 2.45. The molecule has 210 valence electrons. The molecule has 37 heavy (non-hydrogen) atoms. The van der Waals surface area contributed by atoms with E-state index in [2.05, 4.69) is 38.0 Å². The van der Waals surface area contributed by atoms with Crippen LogP contribution in [0.25, 0.3) is 0 Å². The van der Waals surface area contributed by atoms with Gasteiger partial charge in [0.2, 0.25) is 5.91 Å². The average Bonchev–Trinajstić information content (AvgIpc) is 3.61. The summed E-state index contributed by atoms with van der Waals surface area (Å²) in [6.07, 6.45) is 7.77. The lowest BCUT2D eigenvalue weighted by Gasteiger charge is -2.45. The van der Waals surface area contributed by atoms with Crippen molar-refractivity contribution in [1.29, 1.82) is 0 Å². The van der Waals surface area contributed by atoms with Gasteiger partial charge in [-0.15, -0.1) is 0 Å². The number of piperazine rings is 1. The van der Waals surface area contributed by atoms with Crippen LogP contribution in [0.3, 0.4) is 0 Å². The first kappa shape index (κ1) is 26.3. The molecular formula is C27H46F2N6O2. The first-order valence-corrected chi connectivity index (χ1v) is 14.9. The first-order valence-electron chi connectivity index (χ1n) is 14.9. The zero-order valence-electron chi connectivity index (χ0n) is 22.2. The fraction of sp³-hybridized carbons (Fsp3) is 0.963. The van der Waals surface area contributed by atoms with E-state index in [4.69, 9.17) is 4.74 Å². The molecule has 6 rings (SSSR count). The van der Waals surface area contributed by atoms with Crippen molar-refractivity contribution < 1.29 is 18.3 Å². The minimum Gasteiger partial charge on any atom is -0.352 e. The van der Waals surface area contributed by atoms with Gasteiger partial charge >= 0.3 is 6.61 Å². The van der Waals surface area contributed by atoms with Crippen LogP contribution in [0.5, 0.6) is 0 Å². The first-order chi connectivity index (χ1) is 17.9. The Morgan fingerprint density at radius 1 is 1.00 bits per heavy atom. The summed E-state index contributed by atoms with van der Waals surface area (Å²) in [5.41, 5.74) is 0. The number of amides is 1. The third-order valence-electron chi connectivity index (χ3n) is 10.5. The molecule has 2 aliphatic carbocycles. The molecule has 4 saturated heterocycles. The van der Waals surface area contributed by atoms with Crippen molar-refractivity contribution in [3.63, 3.8) is 0 Å². The molecule has 0 aromatic carbocycles. The number of rotatable bonds is 7. The third-order valence-corrected chi connectivity index (χ3v) is 10.5. The normalized spacial score (nSPS) is 46.3. The number of nitrogens with zero attached hydrogens (tertiary/aromatic N) is 2. The van der Waals surface area contributed by atoms with Gasteiger partial charge in [-0.05, 0) is 75.7 Å². The number of carbonyl (C=O) groups is 1. The Morgan fingerprint density at radius 2 is 1.84 bits per heavy atom. The fourth-order valence-corrected chi connectivity index (χ4v) is 8.53. The van der Waals surface area contributed by atoms with Crippen LogP contribution in [0.2, 0.25) is 0 Å². The van der Waals surface area contributed by atoms with Crippen LogP contribution < -0.4 is 21.3 Å². The number of nitrogens with one attached hydrogen (secondary N) is 4. The van der Waals surface area contributed by atoms with E-state index in [1.54, 1.807) is 0 Å². The van der Waals surface area contributed by atoms with Gasteiger partial charge in [0.05, 0.1) is 18.4 Å². The molecule has 6 aliphatic rings. The van der Waals surface area contributed by atoms with Crippen LogP contribution >= 0.6 is 0 Å². The molecule has 6 fully saturated rings. The standard InChI is InChI=1S/C27H46F2N6O2/c1-16-12-19(4-7-21(16)26(36)33-22-15-34-10-8-18(22)14-34)32-24-25-31-13-23(35(25)11-9-30-24)17-2-5-20(6-3-17)37-27(28)29/h16-25,27,30-32H,2-15H2,1H3,(H,33,36). The smallest absolute Gasteiger partial charge is 0.345 e. The zero-order valence-corrected chi connectivity index (χ0v) is 22.2. The molecule has 2 bridgehead atoms. The van der Waals surface area contributed by atoms with Gasteiger partial charge in [0, 0.05) is 56.8 Å². The molecule has 0 aromatic heterocycles. The van der Waals surface area contributed by atoms with Gasteiger partial charge in [-0.1, -0.05) is 6.92 Å². The Morgan fingerprint density at radius 3 is 2.54 bits per heavy atom. The highest BCUT2D eigenvalue weighted by Crippen LogP contribution is 2.36. The number of halogens is 2. The van der Waals surface area contributed by atoms with Crippen LogP contribution in [0.1, 0.15) is 58.3 Å². The van der Waals surface area contributed by atoms with Crippen LogP contribution in [0.4, 0.5) is 8.78 Å². The fourth-order valence-electron chi connectivity index (χ4n) is 8.53. The predicted octanol–water partition coefficient (Wildman–Crippen LogP) is 1.53. The molecular weight excluding hydrogens is 478 g/mol. The Hall–Kier alpha value is -0.910. The number of piperidine rings is 1. The van der Waals surface area contributed by atoms with Crippen molar-refractivity contribution in [3.8, 4) is 0 Å². The van der Waals surface area contributed by atoms with E-state index < -0.39 is 6.61 Å². The molecule has 9 unspecified atom stereocenters. The molecule has 9 atom stereocenters. The summed E-state index contributed by atoms with van der Waals surface area (Å²) in [7, 11) is 0. The molecule has 0 aromatic rings. The quantitative estimate of drug-likeness (QED) is 0.402. The summed E-state index contributed by atoms with van der Waals surface area (Å²) in [6.45, 7) is 5.90. The summed E-state index contributed by atoms with van der Waals surface area (Å²) in [4.78, 5) is 18.2. The van der Waals surface area contributed by atoms with Crippen molar-refractivity contribution in [1.82, 2.24) is 31.1 Å². The maximum Gasteiger partial charge on any atom is 0.345 e. The number of fused-ring (bicyclic) bond motifs is 3. The van der Waals surface area contributed by atoms with Crippen LogP contribution in [0.15, 0.2) is 0 Å². The second-order valence-corrected chi connectivity index (χ2v) is 12.7. The molecule has 1 amide bonds. The van der Waals surface area contributed by atoms with Gasteiger partial charge in [0.15, 0.2) is 0 Å². The van der Waals surface area contributed by atoms with Gasteiger partial charge in [0.25, 0.3) is 0 Å². The van der Waals surface area contributed by atoms with Crippen LogP contribution in [-0.4, -0.2) is 98.1 Å². The van der Waals surface area contributed by atoms with E-state index in [-0.39, 0.29) is 30.3 Å². The SMILES string of the molecule is CC1CC(NC2NCCN3C(C4CCC(OC(F)F)CC4)CNC23)CCC1C(=O)NC1CN2CCC1C2. The van der Waals surface area contributed by atoms with Crippen LogP contribution in [-0.2, 0) is 9.53 Å². The predicted molar refractivity (Wildman–Crippen MR) is 137 cm³/mol. The topological polar surface area (TPSA) is 80.9 Å². The van der Waals surface area contributed by atoms with E-state index in [1.165, 1.54) is 13.0 Å². The summed E-state index contributed by atoms with van der Waals surface area (Å²) < 4.78 is 30.0. The van der Waals surface area contributed by atoms with Gasteiger partial charge < -0.3 is 15.0 Å². The molecule has 4 aliphatic heterocycles. The number of hydrogen-bond acceptors (Lipinski definition) is 7. The maximum atomic E-state index is 13.1. The zero-order chi connectivity index (χ0) is 25.5. The Labute approximate surface area is 220 Å². The number of alkyl halides is 2. The highest BCUT2D eigenvalue weighted by molar-refractivity contribution is 5.79. The van der Waals surface area contributed by atoms with Crippen molar-refractivity contribution in [2.24, 2.45) is 23.7 Å². The molecule has 4 N–H and O–H groups in total. The maximum absolute atomic E-state index is 13.1. The summed E-state index contributed by atoms with van der Waals surface area (Å²) in [6, 6.07) is 1.23. The monoisotopic (exact) mass is 524 g/mol. The average molecular weight is 525 g/mol. The van der Waals surface area contributed by atoms with Crippen LogP contribution in [0, 0.1) is 23.7 Å². The van der Waals surface area contributed by atoms with Gasteiger partial charge in [-0.3, -0.25) is 25.6 Å². The van der Waals surface area contributed by atoms with Gasteiger partial charge in [0.1, 0.15) is 0 Å². The molecule has 0 spiro atoms. The molecule has 0 radical (unpaired) electrons. The molecule has 10 heteroatoms. The highest BCUT2D eigenvalue weighted by atomic mass is 19.3. The molecule has 2 saturated carbocycles. The number of carbonyl (C=O) groups excluding carboxylic acids is 1. The Bertz CT molecular complexity index is 799. The van der Waals surface area contributed by atoms with Crippen molar-refractivity contribution in [2.75, 3.05) is 39.3 Å². The minimum absolute atomic E-state index is 0.126. The van der Waals surface area contributed by atoms with Crippen molar-refractivity contribution in [2.45, 2.75) is 101 Å². The van der Waals surface area contributed by atoms with E-state index in [0.717, 1.165) is 77.7 Å². The lowest BCUT2D eigenvalue weighted by molar-refractivity contribution is -0.172. The second kappa shape index (κ2) is 11.3. The number of ether oxygens (including phenoxy) is 1. The summed E-state index contributed by atoms with van der Waals surface area (Å²) in [5, 5.41) is 14.8. The van der Waals surface area contributed by atoms with E-state index in [9.17, 15) is 13.6 Å². The number of hydrogen-bond donors (Lipinski definition) is 4. The third kappa shape index (κ3) is 5.70. The lowest BCUT2D eigenvalue weighted by atomic mass is 9.77. The minimum atomic E-state index is -2.66. The van der Waals surface area contributed by atoms with Gasteiger partial charge in [-0.2, -0.15) is 8.78 Å². The Kier molecular flexibility index (Phi) is 8.03. The van der Waals surface area contributed by atoms with E-state index >= 15 is 0 Å². The largest absolute Gasteiger partial charge is 0.352 e. The summed E-state index contributed by atoms with van der Waals surface area (Å²) >= 11 is 0. The molecule has 8 nitrogen and oxygen atoms in total. The Balaban J connectivity index is 0.975. The van der Waals surface area contributed by atoms with E-state index in [0.29, 0.717) is 35.9 Å².